The summed E-state index contributed by atoms with van der Waals surface area (Å²) in [5.41, 5.74) is 1.30. The topological polar surface area (TPSA) is 46.5 Å². The fourth-order valence-corrected chi connectivity index (χ4v) is 2.66. The summed E-state index contributed by atoms with van der Waals surface area (Å²) in [5.74, 6) is 0.204. The lowest BCUT2D eigenvalue weighted by molar-refractivity contribution is -0.140. The molecule has 17 heavy (non-hydrogen) atoms. The van der Waals surface area contributed by atoms with E-state index in [1.807, 2.05) is 18.2 Å². The molecule has 0 bridgehead atoms. The van der Waals surface area contributed by atoms with Crippen LogP contribution < -0.4 is 4.74 Å². The fraction of sp³-hybridized carbons (Fsp3) is 0.500. The summed E-state index contributed by atoms with van der Waals surface area (Å²) in [6.45, 7) is 4.10. The molecule has 2 aliphatic rings. The van der Waals surface area contributed by atoms with Gasteiger partial charge in [0.25, 0.3) is 0 Å². The average Bonchev–Trinajstić information content (AvgIpc) is 2.95. The number of carbonyl (C=O) groups is 1. The molecule has 1 aromatic rings. The number of ether oxygens (including phenoxy) is 1. The molecule has 1 saturated carbocycles. The molecule has 3 nitrogen and oxygen atoms in total. The minimum Gasteiger partial charge on any atom is -0.487 e. The maximum Gasteiger partial charge on any atom is 0.314 e. The summed E-state index contributed by atoms with van der Waals surface area (Å²) in [5, 5.41) is 9.28. The largest absolute Gasteiger partial charge is 0.487 e. The first-order valence-electron chi connectivity index (χ1n) is 5.99. The molecule has 1 aliphatic carbocycles. The first-order valence-corrected chi connectivity index (χ1v) is 5.99. The Morgan fingerprint density at radius 3 is 2.65 bits per heavy atom. The number of rotatable bonds is 2. The molecule has 0 unspecified atom stereocenters. The molecule has 1 aromatic carbocycles. The zero-order chi connectivity index (χ0) is 12.3. The molecule has 0 saturated heterocycles. The molecule has 1 fully saturated rings. The number of carboxylic acids is 1. The van der Waals surface area contributed by atoms with Crippen molar-refractivity contribution in [3.63, 3.8) is 0 Å². The number of fused-ring (bicyclic) bond motifs is 1. The molecule has 3 heteroatoms. The van der Waals surface area contributed by atoms with Crippen LogP contribution >= 0.6 is 0 Å². The van der Waals surface area contributed by atoms with Gasteiger partial charge in [-0.05, 0) is 43.9 Å². The van der Waals surface area contributed by atoms with Crippen LogP contribution in [0.4, 0.5) is 0 Å². The van der Waals surface area contributed by atoms with Crippen LogP contribution in [0, 0.1) is 0 Å². The Morgan fingerprint density at radius 1 is 1.35 bits per heavy atom. The molecule has 0 aromatic heterocycles. The van der Waals surface area contributed by atoms with E-state index in [9.17, 15) is 9.90 Å². The first-order chi connectivity index (χ1) is 7.93. The van der Waals surface area contributed by atoms with Gasteiger partial charge < -0.3 is 9.84 Å². The summed E-state index contributed by atoms with van der Waals surface area (Å²) in [6.07, 6.45) is 2.36. The number of carboxylic acid groups (broad SMARTS) is 1. The summed E-state index contributed by atoms with van der Waals surface area (Å²) in [4.78, 5) is 11.3. The highest BCUT2D eigenvalue weighted by Crippen LogP contribution is 2.50. The Bertz CT molecular complexity index is 498. The van der Waals surface area contributed by atoms with E-state index in [2.05, 4.69) is 13.8 Å². The van der Waals surface area contributed by atoms with Crippen LogP contribution in [0.5, 0.6) is 5.75 Å². The molecule has 1 aliphatic heterocycles. The minimum absolute atomic E-state index is 0.166. The first kappa shape index (κ1) is 10.6. The molecular formula is C14H16O3. The lowest BCUT2D eigenvalue weighted by Gasteiger charge is -2.16. The fourth-order valence-electron chi connectivity index (χ4n) is 2.66. The Kier molecular flexibility index (Phi) is 1.90. The molecule has 0 radical (unpaired) electrons. The van der Waals surface area contributed by atoms with Crippen molar-refractivity contribution in [1.29, 1.82) is 0 Å². The normalized spacial score (nSPS) is 22.7. The van der Waals surface area contributed by atoms with Crippen molar-refractivity contribution in [2.75, 3.05) is 0 Å². The third kappa shape index (κ3) is 1.53. The predicted octanol–water partition coefficient (Wildman–Crippen LogP) is 2.52. The van der Waals surface area contributed by atoms with Crippen LogP contribution in [0.3, 0.4) is 0 Å². The quantitative estimate of drug-likeness (QED) is 0.852. The maximum atomic E-state index is 11.3. The van der Waals surface area contributed by atoms with Crippen LogP contribution in [-0.2, 0) is 16.6 Å². The highest BCUT2D eigenvalue weighted by Gasteiger charge is 2.52. The number of hydrogen-bond donors (Lipinski definition) is 1. The van der Waals surface area contributed by atoms with Gasteiger partial charge in [0, 0.05) is 6.42 Å². The van der Waals surface area contributed by atoms with Gasteiger partial charge in [-0.2, -0.15) is 0 Å². The van der Waals surface area contributed by atoms with Crippen molar-refractivity contribution in [2.45, 2.75) is 44.1 Å². The molecule has 90 valence electrons. The molecule has 1 N–H and O–H groups in total. The zero-order valence-corrected chi connectivity index (χ0v) is 10.1. The van der Waals surface area contributed by atoms with Crippen LogP contribution in [0.15, 0.2) is 18.2 Å². The Balaban J connectivity index is 1.99. The third-order valence-electron chi connectivity index (χ3n) is 3.77. The Morgan fingerprint density at radius 2 is 2.06 bits per heavy atom. The van der Waals surface area contributed by atoms with E-state index < -0.39 is 11.4 Å². The van der Waals surface area contributed by atoms with Crippen LogP contribution in [0.2, 0.25) is 0 Å². The highest BCUT2D eigenvalue weighted by atomic mass is 16.5. The van der Waals surface area contributed by atoms with E-state index in [-0.39, 0.29) is 5.60 Å². The number of aliphatic carboxylic acids is 1. The van der Waals surface area contributed by atoms with Gasteiger partial charge in [0.2, 0.25) is 0 Å². The number of benzene rings is 1. The van der Waals surface area contributed by atoms with Gasteiger partial charge in [0.05, 0.1) is 5.41 Å². The van der Waals surface area contributed by atoms with E-state index in [1.165, 1.54) is 0 Å². The van der Waals surface area contributed by atoms with Crippen LogP contribution in [0.1, 0.15) is 37.8 Å². The molecule has 0 spiro atoms. The second-order valence-electron chi connectivity index (χ2n) is 5.75. The predicted molar refractivity (Wildman–Crippen MR) is 63.4 cm³/mol. The van der Waals surface area contributed by atoms with Crippen molar-refractivity contribution < 1.29 is 14.6 Å². The van der Waals surface area contributed by atoms with Gasteiger partial charge in [-0.15, -0.1) is 0 Å². The van der Waals surface area contributed by atoms with Crippen molar-refractivity contribution in [3.8, 4) is 5.75 Å². The van der Waals surface area contributed by atoms with Crippen molar-refractivity contribution in [1.82, 2.24) is 0 Å². The van der Waals surface area contributed by atoms with Gasteiger partial charge >= 0.3 is 5.97 Å². The van der Waals surface area contributed by atoms with E-state index >= 15 is 0 Å². The van der Waals surface area contributed by atoms with Crippen molar-refractivity contribution in [3.05, 3.63) is 29.3 Å². The maximum absolute atomic E-state index is 11.3. The van der Waals surface area contributed by atoms with Gasteiger partial charge in [-0.3, -0.25) is 4.79 Å². The van der Waals surface area contributed by atoms with Gasteiger partial charge in [-0.1, -0.05) is 12.1 Å². The molecule has 3 rings (SSSR count). The second-order valence-corrected chi connectivity index (χ2v) is 5.75. The van der Waals surface area contributed by atoms with E-state index in [1.54, 1.807) is 0 Å². The minimum atomic E-state index is -0.698. The monoisotopic (exact) mass is 232 g/mol. The van der Waals surface area contributed by atoms with Crippen LogP contribution in [-0.4, -0.2) is 16.7 Å². The Labute approximate surface area is 100 Å². The van der Waals surface area contributed by atoms with Crippen LogP contribution in [0.25, 0.3) is 0 Å². The third-order valence-corrected chi connectivity index (χ3v) is 3.77. The van der Waals surface area contributed by atoms with E-state index in [0.717, 1.165) is 36.1 Å². The molecule has 0 amide bonds. The van der Waals surface area contributed by atoms with E-state index in [0.29, 0.717) is 0 Å². The summed E-state index contributed by atoms with van der Waals surface area (Å²) in [6, 6.07) is 5.84. The Hall–Kier alpha value is -1.51. The summed E-state index contributed by atoms with van der Waals surface area (Å²) in [7, 11) is 0. The zero-order valence-electron chi connectivity index (χ0n) is 10.1. The van der Waals surface area contributed by atoms with Gasteiger partial charge in [0.1, 0.15) is 11.4 Å². The summed E-state index contributed by atoms with van der Waals surface area (Å²) >= 11 is 0. The number of hydrogen-bond acceptors (Lipinski definition) is 2. The highest BCUT2D eigenvalue weighted by molar-refractivity contribution is 5.85. The molecular weight excluding hydrogens is 216 g/mol. The van der Waals surface area contributed by atoms with Crippen molar-refractivity contribution >= 4 is 5.97 Å². The smallest absolute Gasteiger partial charge is 0.314 e. The standard InChI is InChI=1S/C14H16O3/c1-13(2)8-9-7-10(3-4-11(9)17-13)14(5-6-14)12(15)16/h3-4,7H,5-6,8H2,1-2H3,(H,15,16). The average molecular weight is 232 g/mol. The lowest BCUT2D eigenvalue weighted by atomic mass is 9.92. The van der Waals surface area contributed by atoms with Crippen molar-refractivity contribution in [2.24, 2.45) is 0 Å². The second kappa shape index (κ2) is 3.03. The SMILES string of the molecule is CC1(C)Cc2cc(C3(C(=O)O)CC3)ccc2O1. The molecule has 0 atom stereocenters. The molecule has 1 heterocycles. The lowest BCUT2D eigenvalue weighted by Crippen LogP contribution is -2.24. The van der Waals surface area contributed by atoms with Gasteiger partial charge in [-0.25, -0.2) is 0 Å². The van der Waals surface area contributed by atoms with E-state index in [4.69, 9.17) is 4.74 Å². The summed E-state index contributed by atoms with van der Waals surface area (Å²) < 4.78 is 5.80. The van der Waals surface area contributed by atoms with Gasteiger partial charge in [0.15, 0.2) is 0 Å².